The summed E-state index contributed by atoms with van der Waals surface area (Å²) in [6, 6.07) is 6.22. The van der Waals surface area contributed by atoms with Gasteiger partial charge in [0.1, 0.15) is 5.75 Å². The molecule has 0 amide bonds. The molecule has 114 valence electrons. The number of nitrogens with one attached hydrogen (secondary N) is 1. The lowest BCUT2D eigenvalue weighted by atomic mass is 9.93. The van der Waals surface area contributed by atoms with Crippen LogP contribution in [-0.4, -0.2) is 19.2 Å². The van der Waals surface area contributed by atoms with E-state index in [1.54, 1.807) is 7.11 Å². The van der Waals surface area contributed by atoms with Crippen LogP contribution in [0.2, 0.25) is 0 Å². The summed E-state index contributed by atoms with van der Waals surface area (Å²) in [4.78, 5) is 0. The molecule has 0 saturated carbocycles. The zero-order chi connectivity index (χ0) is 15.2. The van der Waals surface area contributed by atoms with Gasteiger partial charge in [-0.05, 0) is 69.8 Å². The summed E-state index contributed by atoms with van der Waals surface area (Å²) in [5.74, 6) is 1.59. The second kappa shape index (κ2) is 8.04. The molecule has 1 aromatic rings. The summed E-state index contributed by atoms with van der Waals surface area (Å²) in [7, 11) is 1.72. The van der Waals surface area contributed by atoms with Crippen molar-refractivity contribution in [3.63, 3.8) is 0 Å². The lowest BCUT2D eigenvalue weighted by Crippen LogP contribution is -2.39. The first-order valence-corrected chi connectivity index (χ1v) is 8.22. The standard InChI is InChI=1S/C17H28BrNO/c1-6-7-13(12-19-17(2,3)4)10-14-11-15(20-5)8-9-16(14)18/h8-9,11,13,19H,6-7,10,12H2,1-5H3. The van der Waals surface area contributed by atoms with Gasteiger partial charge in [0.15, 0.2) is 0 Å². The van der Waals surface area contributed by atoms with Gasteiger partial charge in [-0.25, -0.2) is 0 Å². The number of hydrogen-bond donors (Lipinski definition) is 1. The third-order valence-corrected chi connectivity index (χ3v) is 4.15. The minimum atomic E-state index is 0.178. The van der Waals surface area contributed by atoms with Gasteiger partial charge in [0.25, 0.3) is 0 Å². The molecule has 0 bridgehead atoms. The maximum absolute atomic E-state index is 5.33. The topological polar surface area (TPSA) is 21.3 Å². The van der Waals surface area contributed by atoms with Crippen LogP contribution in [0.15, 0.2) is 22.7 Å². The van der Waals surface area contributed by atoms with Crippen LogP contribution in [0.4, 0.5) is 0 Å². The Bertz CT molecular complexity index is 412. The molecule has 0 aliphatic carbocycles. The maximum Gasteiger partial charge on any atom is 0.119 e. The van der Waals surface area contributed by atoms with E-state index in [1.807, 2.05) is 6.07 Å². The summed E-state index contributed by atoms with van der Waals surface area (Å²) in [5.41, 5.74) is 1.51. The lowest BCUT2D eigenvalue weighted by Gasteiger charge is -2.25. The Labute approximate surface area is 132 Å². The van der Waals surface area contributed by atoms with E-state index in [9.17, 15) is 0 Å². The molecule has 1 aromatic carbocycles. The molecule has 0 aromatic heterocycles. The normalized spacial score (nSPS) is 13.3. The number of ether oxygens (including phenoxy) is 1. The fourth-order valence-electron chi connectivity index (χ4n) is 2.28. The van der Waals surface area contributed by atoms with E-state index in [1.165, 1.54) is 22.9 Å². The van der Waals surface area contributed by atoms with Gasteiger partial charge in [-0.3, -0.25) is 0 Å². The van der Waals surface area contributed by atoms with E-state index in [4.69, 9.17) is 4.74 Å². The number of halogens is 1. The Balaban J connectivity index is 2.74. The van der Waals surface area contributed by atoms with Crippen molar-refractivity contribution < 1.29 is 4.74 Å². The molecule has 1 atom stereocenters. The van der Waals surface area contributed by atoms with Gasteiger partial charge >= 0.3 is 0 Å². The van der Waals surface area contributed by atoms with Crippen LogP contribution >= 0.6 is 15.9 Å². The monoisotopic (exact) mass is 341 g/mol. The molecule has 1 N–H and O–H groups in total. The van der Waals surface area contributed by atoms with Crippen molar-refractivity contribution in [2.24, 2.45) is 5.92 Å². The first kappa shape index (κ1) is 17.5. The molecule has 2 nitrogen and oxygen atoms in total. The molecular formula is C17H28BrNO. The van der Waals surface area contributed by atoms with Gasteiger partial charge in [-0.1, -0.05) is 29.3 Å². The predicted molar refractivity (Wildman–Crippen MR) is 90.6 cm³/mol. The lowest BCUT2D eigenvalue weighted by molar-refractivity contribution is 0.354. The first-order valence-electron chi connectivity index (χ1n) is 7.43. The fraction of sp³-hybridized carbons (Fsp3) is 0.647. The summed E-state index contributed by atoms with van der Waals surface area (Å²) >= 11 is 3.65. The van der Waals surface area contributed by atoms with Gasteiger partial charge in [0.05, 0.1) is 7.11 Å². The van der Waals surface area contributed by atoms with Crippen molar-refractivity contribution in [1.82, 2.24) is 5.32 Å². The van der Waals surface area contributed by atoms with Crippen molar-refractivity contribution >= 4 is 15.9 Å². The summed E-state index contributed by atoms with van der Waals surface area (Å²) in [5, 5.41) is 3.63. The smallest absolute Gasteiger partial charge is 0.119 e. The quantitative estimate of drug-likeness (QED) is 0.768. The fourth-order valence-corrected chi connectivity index (χ4v) is 2.69. The van der Waals surface area contributed by atoms with Gasteiger partial charge in [0, 0.05) is 10.0 Å². The van der Waals surface area contributed by atoms with Crippen molar-refractivity contribution in [3.05, 3.63) is 28.2 Å². The molecule has 3 heteroatoms. The highest BCUT2D eigenvalue weighted by Gasteiger charge is 2.15. The van der Waals surface area contributed by atoms with Crippen LogP contribution in [0.25, 0.3) is 0 Å². The number of hydrogen-bond acceptors (Lipinski definition) is 2. The van der Waals surface area contributed by atoms with Crippen molar-refractivity contribution in [2.75, 3.05) is 13.7 Å². The zero-order valence-corrected chi connectivity index (χ0v) is 15.0. The van der Waals surface area contributed by atoms with E-state index >= 15 is 0 Å². The van der Waals surface area contributed by atoms with Gasteiger partial charge in [-0.15, -0.1) is 0 Å². The molecule has 1 unspecified atom stereocenters. The largest absolute Gasteiger partial charge is 0.497 e. The molecule has 0 radical (unpaired) electrons. The average Bonchev–Trinajstić information content (AvgIpc) is 2.38. The minimum absolute atomic E-state index is 0.178. The van der Waals surface area contributed by atoms with Crippen LogP contribution in [-0.2, 0) is 6.42 Å². The summed E-state index contributed by atoms with van der Waals surface area (Å²) in [6.07, 6.45) is 3.54. The van der Waals surface area contributed by atoms with E-state index < -0.39 is 0 Å². The molecular weight excluding hydrogens is 314 g/mol. The Morgan fingerprint density at radius 3 is 2.55 bits per heavy atom. The van der Waals surface area contributed by atoms with Gasteiger partial charge in [0.2, 0.25) is 0 Å². The Morgan fingerprint density at radius 2 is 2.00 bits per heavy atom. The van der Waals surface area contributed by atoms with E-state index in [2.05, 4.69) is 61.1 Å². The predicted octanol–water partition coefficient (Wildman–Crippen LogP) is 4.80. The number of benzene rings is 1. The molecule has 20 heavy (non-hydrogen) atoms. The van der Waals surface area contributed by atoms with E-state index in [0.29, 0.717) is 5.92 Å². The minimum Gasteiger partial charge on any atom is -0.497 e. The summed E-state index contributed by atoms with van der Waals surface area (Å²) in [6.45, 7) is 9.97. The molecule has 0 aliphatic heterocycles. The van der Waals surface area contributed by atoms with Crippen molar-refractivity contribution in [2.45, 2.75) is 52.5 Å². The second-order valence-corrected chi connectivity index (χ2v) is 7.30. The maximum atomic E-state index is 5.33. The van der Waals surface area contributed by atoms with Gasteiger partial charge in [-0.2, -0.15) is 0 Å². The number of methoxy groups -OCH3 is 1. The highest BCUT2D eigenvalue weighted by atomic mass is 79.9. The average molecular weight is 342 g/mol. The first-order chi connectivity index (χ1) is 9.35. The van der Waals surface area contributed by atoms with E-state index in [0.717, 1.165) is 18.7 Å². The van der Waals surface area contributed by atoms with Crippen LogP contribution in [0.5, 0.6) is 5.75 Å². The third kappa shape index (κ3) is 6.27. The molecule has 0 heterocycles. The van der Waals surface area contributed by atoms with Crippen molar-refractivity contribution in [3.8, 4) is 5.75 Å². The number of rotatable bonds is 7. The molecule has 1 rings (SSSR count). The van der Waals surface area contributed by atoms with Crippen LogP contribution in [0, 0.1) is 5.92 Å². The van der Waals surface area contributed by atoms with Crippen LogP contribution in [0.1, 0.15) is 46.1 Å². The zero-order valence-electron chi connectivity index (χ0n) is 13.4. The highest BCUT2D eigenvalue weighted by molar-refractivity contribution is 9.10. The third-order valence-electron chi connectivity index (χ3n) is 3.38. The SMILES string of the molecule is CCCC(CNC(C)(C)C)Cc1cc(OC)ccc1Br. The Morgan fingerprint density at radius 1 is 1.30 bits per heavy atom. The van der Waals surface area contributed by atoms with Crippen LogP contribution < -0.4 is 10.1 Å². The summed E-state index contributed by atoms with van der Waals surface area (Å²) < 4.78 is 6.51. The Hall–Kier alpha value is -0.540. The van der Waals surface area contributed by atoms with Crippen molar-refractivity contribution in [1.29, 1.82) is 0 Å². The molecule has 0 aliphatic rings. The van der Waals surface area contributed by atoms with E-state index in [-0.39, 0.29) is 5.54 Å². The molecule has 0 fully saturated rings. The second-order valence-electron chi connectivity index (χ2n) is 6.45. The van der Waals surface area contributed by atoms with Gasteiger partial charge < -0.3 is 10.1 Å². The molecule has 0 spiro atoms. The Kier molecular flexibility index (Phi) is 7.04. The van der Waals surface area contributed by atoms with Crippen LogP contribution in [0.3, 0.4) is 0 Å². The highest BCUT2D eigenvalue weighted by Crippen LogP contribution is 2.26. The molecule has 0 saturated heterocycles.